The van der Waals surface area contributed by atoms with Crippen molar-refractivity contribution in [3.05, 3.63) is 18.5 Å². The summed E-state index contributed by atoms with van der Waals surface area (Å²) in [7, 11) is 1.69. The molecule has 0 aliphatic rings. The second-order valence-electron chi connectivity index (χ2n) is 4.14. The lowest BCUT2D eigenvalue weighted by Gasteiger charge is -2.09. The topological polar surface area (TPSA) is 52.6 Å². The molecule has 0 fully saturated rings. The Kier molecular flexibility index (Phi) is 8.76. The third kappa shape index (κ3) is 7.64. The molecule has 19 heavy (non-hydrogen) atoms. The second kappa shape index (κ2) is 10.6. The zero-order chi connectivity index (χ0) is 13.8. The normalized spacial score (nSPS) is 10.4. The minimum Gasteiger partial charge on any atom is -0.489 e. The summed E-state index contributed by atoms with van der Waals surface area (Å²) in [5, 5.41) is 3.27. The molecule has 0 unspecified atom stereocenters. The number of aromatic nitrogens is 1. The van der Waals surface area contributed by atoms with Crippen molar-refractivity contribution in [3.8, 4) is 5.75 Å². The maximum Gasteiger partial charge on any atom is 0.139 e. The van der Waals surface area contributed by atoms with Gasteiger partial charge in [0.15, 0.2) is 0 Å². The first kappa shape index (κ1) is 15.7. The van der Waals surface area contributed by atoms with Gasteiger partial charge in [-0.15, -0.1) is 0 Å². The molecule has 1 aromatic rings. The maximum atomic E-state index is 5.57. The largest absolute Gasteiger partial charge is 0.489 e. The Morgan fingerprint density at radius 2 is 2.05 bits per heavy atom. The molecule has 1 N–H and O–H groups in total. The molecular weight excluding hydrogens is 244 g/mol. The maximum absolute atomic E-state index is 5.57. The fourth-order valence-electron chi connectivity index (χ4n) is 1.49. The van der Waals surface area contributed by atoms with E-state index in [2.05, 4.69) is 17.2 Å². The first-order chi connectivity index (χ1) is 9.36. The monoisotopic (exact) mass is 268 g/mol. The zero-order valence-corrected chi connectivity index (χ0v) is 11.9. The highest BCUT2D eigenvalue weighted by molar-refractivity contribution is 5.44. The van der Waals surface area contributed by atoms with Crippen LogP contribution in [0.2, 0.25) is 0 Å². The highest BCUT2D eigenvalue weighted by Gasteiger charge is 1.97. The molecule has 0 atom stereocenters. The minimum atomic E-state index is 0.534. The van der Waals surface area contributed by atoms with Crippen molar-refractivity contribution in [3.63, 3.8) is 0 Å². The Morgan fingerprint density at radius 1 is 1.16 bits per heavy atom. The first-order valence-electron chi connectivity index (χ1n) is 6.75. The van der Waals surface area contributed by atoms with Crippen LogP contribution in [0, 0.1) is 0 Å². The summed E-state index contributed by atoms with van der Waals surface area (Å²) in [4.78, 5) is 4.13. The molecule has 5 nitrogen and oxygen atoms in total. The van der Waals surface area contributed by atoms with Crippen molar-refractivity contribution in [2.24, 2.45) is 0 Å². The van der Waals surface area contributed by atoms with Gasteiger partial charge in [-0.25, -0.2) is 0 Å². The molecule has 0 aromatic carbocycles. The van der Waals surface area contributed by atoms with Crippen LogP contribution in [0.1, 0.15) is 19.8 Å². The number of hydrogen-bond donors (Lipinski definition) is 1. The fourth-order valence-corrected chi connectivity index (χ4v) is 1.49. The molecule has 0 amide bonds. The summed E-state index contributed by atoms with van der Waals surface area (Å²) < 4.78 is 15.9. The molecule has 0 saturated heterocycles. The van der Waals surface area contributed by atoms with E-state index >= 15 is 0 Å². The van der Waals surface area contributed by atoms with Crippen LogP contribution in [0.15, 0.2) is 18.5 Å². The van der Waals surface area contributed by atoms with Gasteiger partial charge < -0.3 is 19.5 Å². The van der Waals surface area contributed by atoms with Gasteiger partial charge in [-0.2, -0.15) is 0 Å². The number of methoxy groups -OCH3 is 1. The SMILES string of the molecule is CCCNc1cncc(OCCOCCCOC)c1. The molecule has 1 heterocycles. The van der Waals surface area contributed by atoms with Crippen LogP contribution in [0.5, 0.6) is 5.75 Å². The molecular formula is C14H24N2O3. The van der Waals surface area contributed by atoms with Crippen LogP contribution in [-0.4, -0.2) is 45.1 Å². The Labute approximate surface area is 115 Å². The number of hydrogen-bond acceptors (Lipinski definition) is 5. The van der Waals surface area contributed by atoms with E-state index in [1.807, 2.05) is 6.07 Å². The Bertz CT molecular complexity index is 334. The molecule has 0 radical (unpaired) electrons. The summed E-state index contributed by atoms with van der Waals surface area (Å²) in [5.74, 6) is 0.765. The minimum absolute atomic E-state index is 0.534. The number of ether oxygens (including phenoxy) is 3. The zero-order valence-electron chi connectivity index (χ0n) is 11.9. The van der Waals surface area contributed by atoms with Crippen molar-refractivity contribution in [1.82, 2.24) is 4.98 Å². The van der Waals surface area contributed by atoms with Crippen molar-refractivity contribution >= 4 is 5.69 Å². The van der Waals surface area contributed by atoms with E-state index in [1.54, 1.807) is 19.5 Å². The Hall–Kier alpha value is -1.33. The summed E-state index contributed by atoms with van der Waals surface area (Å²) in [6.45, 7) is 5.61. The third-order valence-corrected chi connectivity index (χ3v) is 2.43. The van der Waals surface area contributed by atoms with Crippen molar-refractivity contribution < 1.29 is 14.2 Å². The average molecular weight is 268 g/mol. The van der Waals surface area contributed by atoms with Gasteiger partial charge in [0, 0.05) is 32.9 Å². The van der Waals surface area contributed by atoms with Gasteiger partial charge >= 0.3 is 0 Å². The van der Waals surface area contributed by atoms with E-state index in [-0.39, 0.29) is 0 Å². The van der Waals surface area contributed by atoms with E-state index in [1.165, 1.54) is 0 Å². The van der Waals surface area contributed by atoms with Crippen molar-refractivity contribution in [2.45, 2.75) is 19.8 Å². The van der Waals surface area contributed by atoms with Gasteiger partial charge in [0.25, 0.3) is 0 Å². The van der Waals surface area contributed by atoms with Gasteiger partial charge in [0.05, 0.1) is 24.7 Å². The Balaban J connectivity index is 2.14. The van der Waals surface area contributed by atoms with Crippen LogP contribution in [0.4, 0.5) is 5.69 Å². The molecule has 0 aliphatic heterocycles. The number of nitrogens with one attached hydrogen (secondary N) is 1. The molecule has 0 saturated carbocycles. The van der Waals surface area contributed by atoms with Crippen LogP contribution in [-0.2, 0) is 9.47 Å². The smallest absolute Gasteiger partial charge is 0.139 e. The lowest BCUT2D eigenvalue weighted by molar-refractivity contribution is 0.0806. The van der Waals surface area contributed by atoms with Gasteiger partial charge in [-0.3, -0.25) is 4.98 Å². The number of rotatable bonds is 11. The predicted molar refractivity (Wildman–Crippen MR) is 75.8 cm³/mol. The van der Waals surface area contributed by atoms with E-state index in [0.717, 1.165) is 37.4 Å². The predicted octanol–water partition coefficient (Wildman–Crippen LogP) is 2.34. The molecule has 0 spiro atoms. The van der Waals surface area contributed by atoms with Gasteiger partial charge in [-0.1, -0.05) is 6.92 Å². The van der Waals surface area contributed by atoms with Gasteiger partial charge in [0.1, 0.15) is 12.4 Å². The summed E-state index contributed by atoms with van der Waals surface area (Å²) >= 11 is 0. The lowest BCUT2D eigenvalue weighted by atomic mass is 10.4. The number of pyridine rings is 1. The second-order valence-corrected chi connectivity index (χ2v) is 4.14. The third-order valence-electron chi connectivity index (χ3n) is 2.43. The number of nitrogens with zero attached hydrogens (tertiary/aromatic N) is 1. The van der Waals surface area contributed by atoms with E-state index in [0.29, 0.717) is 19.8 Å². The Morgan fingerprint density at radius 3 is 2.84 bits per heavy atom. The van der Waals surface area contributed by atoms with Crippen molar-refractivity contribution in [2.75, 3.05) is 45.4 Å². The molecule has 1 rings (SSSR count). The highest BCUT2D eigenvalue weighted by atomic mass is 16.5. The molecule has 5 heteroatoms. The summed E-state index contributed by atoms with van der Waals surface area (Å²) in [6, 6.07) is 1.95. The van der Waals surface area contributed by atoms with Crippen LogP contribution in [0.3, 0.4) is 0 Å². The lowest BCUT2D eigenvalue weighted by Crippen LogP contribution is -2.09. The van der Waals surface area contributed by atoms with Gasteiger partial charge in [-0.05, 0) is 12.8 Å². The molecule has 0 bridgehead atoms. The van der Waals surface area contributed by atoms with Crippen molar-refractivity contribution in [1.29, 1.82) is 0 Å². The van der Waals surface area contributed by atoms with Gasteiger partial charge in [0.2, 0.25) is 0 Å². The summed E-state index contributed by atoms with van der Waals surface area (Å²) in [6.07, 6.45) is 5.50. The summed E-state index contributed by atoms with van der Waals surface area (Å²) in [5.41, 5.74) is 0.986. The fraction of sp³-hybridized carbons (Fsp3) is 0.643. The molecule has 108 valence electrons. The standard InChI is InChI=1S/C14H24N2O3/c1-3-5-16-13-10-14(12-15-11-13)19-9-8-18-7-4-6-17-2/h10-12,16H,3-9H2,1-2H3. The highest BCUT2D eigenvalue weighted by Crippen LogP contribution is 2.14. The van der Waals surface area contributed by atoms with E-state index in [9.17, 15) is 0 Å². The van der Waals surface area contributed by atoms with Crippen LogP contribution >= 0.6 is 0 Å². The van der Waals surface area contributed by atoms with E-state index in [4.69, 9.17) is 14.2 Å². The quantitative estimate of drug-likeness (QED) is 0.624. The van der Waals surface area contributed by atoms with Crippen LogP contribution < -0.4 is 10.1 Å². The first-order valence-corrected chi connectivity index (χ1v) is 6.75. The number of anilines is 1. The molecule has 1 aromatic heterocycles. The molecule has 0 aliphatic carbocycles. The van der Waals surface area contributed by atoms with Crippen LogP contribution in [0.25, 0.3) is 0 Å². The average Bonchev–Trinajstić information content (AvgIpc) is 2.44. The van der Waals surface area contributed by atoms with E-state index < -0.39 is 0 Å².